The lowest BCUT2D eigenvalue weighted by Crippen LogP contribution is -2.46. The first-order valence-electron chi connectivity index (χ1n) is 5.24. The van der Waals surface area contributed by atoms with Crippen molar-refractivity contribution in [1.82, 2.24) is 4.90 Å². The van der Waals surface area contributed by atoms with Gasteiger partial charge in [-0.15, -0.1) is 11.6 Å². The smallest absolute Gasteiger partial charge is 0.236 e. The van der Waals surface area contributed by atoms with Gasteiger partial charge in [-0.25, -0.2) is 0 Å². The van der Waals surface area contributed by atoms with E-state index in [-0.39, 0.29) is 29.7 Å². The summed E-state index contributed by atoms with van der Waals surface area (Å²) in [5, 5.41) is 0. The van der Waals surface area contributed by atoms with Gasteiger partial charge < -0.3 is 0 Å². The number of imide groups is 1. The van der Waals surface area contributed by atoms with Crippen molar-refractivity contribution in [2.45, 2.75) is 40.2 Å². The Morgan fingerprint density at radius 3 is 2.40 bits per heavy atom. The van der Waals surface area contributed by atoms with Gasteiger partial charge >= 0.3 is 0 Å². The van der Waals surface area contributed by atoms with Crippen molar-refractivity contribution in [3.8, 4) is 0 Å². The van der Waals surface area contributed by atoms with Crippen molar-refractivity contribution in [3.05, 3.63) is 0 Å². The summed E-state index contributed by atoms with van der Waals surface area (Å²) in [5.41, 5.74) is -0.657. The highest BCUT2D eigenvalue weighted by Crippen LogP contribution is 2.30. The number of alkyl halides is 1. The monoisotopic (exact) mass is 231 g/mol. The molecule has 2 atom stereocenters. The average molecular weight is 232 g/mol. The van der Waals surface area contributed by atoms with Gasteiger partial charge in [0.05, 0.1) is 5.41 Å². The summed E-state index contributed by atoms with van der Waals surface area (Å²) in [5.74, 6) is -0.0309. The first-order chi connectivity index (χ1) is 6.81. The molecule has 0 saturated carbocycles. The van der Waals surface area contributed by atoms with Gasteiger partial charge in [0.2, 0.25) is 11.8 Å². The molecule has 1 aliphatic heterocycles. The fraction of sp³-hybridized carbons (Fsp3) is 0.818. The topological polar surface area (TPSA) is 37.4 Å². The van der Waals surface area contributed by atoms with Gasteiger partial charge in [0.1, 0.15) is 0 Å². The van der Waals surface area contributed by atoms with Crippen molar-refractivity contribution < 1.29 is 9.59 Å². The Labute approximate surface area is 95.8 Å². The van der Waals surface area contributed by atoms with E-state index < -0.39 is 5.41 Å². The van der Waals surface area contributed by atoms with Gasteiger partial charge in [-0.1, -0.05) is 6.92 Å². The number of likely N-dealkylation sites (tertiary alicyclic amines) is 1. The van der Waals surface area contributed by atoms with E-state index in [1.807, 2.05) is 13.8 Å². The number of amides is 2. The molecule has 1 saturated heterocycles. The molecule has 0 aliphatic carbocycles. The quantitative estimate of drug-likeness (QED) is 0.682. The van der Waals surface area contributed by atoms with Crippen molar-refractivity contribution >= 4 is 23.4 Å². The molecular weight excluding hydrogens is 214 g/mol. The van der Waals surface area contributed by atoms with Crippen LogP contribution in [0.15, 0.2) is 0 Å². The molecule has 0 radical (unpaired) electrons. The highest BCUT2D eigenvalue weighted by atomic mass is 35.5. The summed E-state index contributed by atoms with van der Waals surface area (Å²) in [7, 11) is 0. The molecule has 15 heavy (non-hydrogen) atoms. The van der Waals surface area contributed by atoms with Crippen LogP contribution < -0.4 is 0 Å². The number of hydrogen-bond acceptors (Lipinski definition) is 2. The molecule has 1 aliphatic rings. The van der Waals surface area contributed by atoms with Crippen LogP contribution >= 0.6 is 11.6 Å². The molecule has 0 aromatic heterocycles. The maximum absolute atomic E-state index is 12.1. The Bertz CT molecular complexity index is 288. The van der Waals surface area contributed by atoms with E-state index in [4.69, 9.17) is 11.6 Å². The maximum Gasteiger partial charge on any atom is 0.236 e. The first-order valence-corrected chi connectivity index (χ1v) is 5.78. The van der Waals surface area contributed by atoms with E-state index in [0.717, 1.165) is 6.42 Å². The normalized spacial score (nSPS) is 27.3. The molecule has 1 fully saturated rings. The van der Waals surface area contributed by atoms with E-state index in [9.17, 15) is 9.59 Å². The Hall–Kier alpha value is -0.570. The van der Waals surface area contributed by atoms with Gasteiger partial charge in [-0.3, -0.25) is 14.5 Å². The Kier molecular flexibility index (Phi) is 3.44. The minimum atomic E-state index is -0.657. The van der Waals surface area contributed by atoms with Crippen LogP contribution in [0.4, 0.5) is 0 Å². The molecule has 0 N–H and O–H groups in total. The summed E-state index contributed by atoms with van der Waals surface area (Å²) in [4.78, 5) is 25.2. The van der Waals surface area contributed by atoms with Crippen LogP contribution in [-0.4, -0.2) is 28.6 Å². The average Bonchev–Trinajstić information content (AvgIpc) is 2.40. The minimum absolute atomic E-state index is 0.00231. The highest BCUT2D eigenvalue weighted by Gasteiger charge is 2.43. The molecule has 2 amide bonds. The molecule has 0 bridgehead atoms. The summed E-state index contributed by atoms with van der Waals surface area (Å²) in [6.07, 6.45) is 0.753. The van der Waals surface area contributed by atoms with Crippen molar-refractivity contribution in [3.63, 3.8) is 0 Å². The summed E-state index contributed by atoms with van der Waals surface area (Å²) in [6.45, 7) is 7.31. The molecule has 0 spiro atoms. The van der Waals surface area contributed by atoms with Crippen LogP contribution in [-0.2, 0) is 9.59 Å². The van der Waals surface area contributed by atoms with Crippen LogP contribution in [0.5, 0.6) is 0 Å². The number of halogens is 1. The Morgan fingerprint density at radius 2 is 2.07 bits per heavy atom. The van der Waals surface area contributed by atoms with Crippen LogP contribution in [0, 0.1) is 11.3 Å². The highest BCUT2D eigenvalue weighted by molar-refractivity contribution is 6.20. The van der Waals surface area contributed by atoms with Crippen LogP contribution in [0.25, 0.3) is 0 Å². The molecule has 0 aromatic rings. The largest absolute Gasteiger partial charge is 0.279 e. The Balaban J connectivity index is 2.89. The van der Waals surface area contributed by atoms with Gasteiger partial charge in [0, 0.05) is 17.8 Å². The fourth-order valence-corrected chi connectivity index (χ4v) is 1.97. The number of carbonyl (C=O) groups excluding carboxylic acids is 2. The molecule has 3 nitrogen and oxygen atoms in total. The predicted molar refractivity (Wildman–Crippen MR) is 59.6 cm³/mol. The number of rotatable bonds is 2. The number of nitrogens with zero attached hydrogens (tertiary/aromatic N) is 1. The molecule has 2 unspecified atom stereocenters. The standard InChI is InChI=1S/C11H18ClNO2/c1-7-5-8(2)13(9(7)14)10(15)11(3,4)6-12/h7-8H,5-6H2,1-4H3. The zero-order valence-electron chi connectivity index (χ0n) is 9.71. The minimum Gasteiger partial charge on any atom is -0.279 e. The molecule has 4 heteroatoms. The van der Waals surface area contributed by atoms with Crippen molar-refractivity contribution in [1.29, 1.82) is 0 Å². The van der Waals surface area contributed by atoms with Crippen molar-refractivity contribution in [2.24, 2.45) is 11.3 Å². The zero-order valence-corrected chi connectivity index (χ0v) is 10.5. The zero-order chi connectivity index (χ0) is 11.8. The van der Waals surface area contributed by atoms with Crippen LogP contribution in [0.3, 0.4) is 0 Å². The second-order valence-corrected chi connectivity index (χ2v) is 5.28. The third-order valence-corrected chi connectivity index (χ3v) is 3.59. The maximum atomic E-state index is 12.1. The van der Waals surface area contributed by atoms with Gasteiger partial charge in [0.25, 0.3) is 0 Å². The summed E-state index contributed by atoms with van der Waals surface area (Å²) < 4.78 is 0. The van der Waals surface area contributed by atoms with Crippen molar-refractivity contribution in [2.75, 3.05) is 5.88 Å². The van der Waals surface area contributed by atoms with E-state index >= 15 is 0 Å². The van der Waals surface area contributed by atoms with E-state index in [0.29, 0.717) is 0 Å². The molecule has 1 heterocycles. The second-order valence-electron chi connectivity index (χ2n) is 5.02. The lowest BCUT2D eigenvalue weighted by Gasteiger charge is -2.28. The van der Waals surface area contributed by atoms with Crippen LogP contribution in [0.2, 0.25) is 0 Å². The third-order valence-electron chi connectivity index (χ3n) is 2.93. The van der Waals surface area contributed by atoms with Gasteiger partial charge in [0.15, 0.2) is 0 Å². The SMILES string of the molecule is CC1CC(C)N(C(=O)C(C)(C)CCl)C1=O. The molecule has 1 rings (SSSR count). The van der Waals surface area contributed by atoms with E-state index in [1.165, 1.54) is 4.90 Å². The molecular formula is C11H18ClNO2. The molecule has 0 aromatic carbocycles. The first kappa shape index (κ1) is 12.5. The number of hydrogen-bond donors (Lipinski definition) is 0. The predicted octanol–water partition coefficient (Wildman–Crippen LogP) is 2.03. The lowest BCUT2D eigenvalue weighted by atomic mass is 9.94. The summed E-state index contributed by atoms with van der Waals surface area (Å²) in [6, 6.07) is 0.00231. The van der Waals surface area contributed by atoms with Gasteiger partial charge in [-0.2, -0.15) is 0 Å². The Morgan fingerprint density at radius 1 is 1.53 bits per heavy atom. The number of carbonyl (C=O) groups is 2. The van der Waals surface area contributed by atoms with Crippen LogP contribution in [0.1, 0.15) is 34.1 Å². The van der Waals surface area contributed by atoms with E-state index in [1.54, 1.807) is 13.8 Å². The molecule has 86 valence electrons. The second kappa shape index (κ2) is 4.12. The lowest BCUT2D eigenvalue weighted by molar-refractivity contribution is -0.150. The summed E-state index contributed by atoms with van der Waals surface area (Å²) >= 11 is 5.74. The fourth-order valence-electron chi connectivity index (χ4n) is 1.86. The third kappa shape index (κ3) is 2.17. The van der Waals surface area contributed by atoms with Gasteiger partial charge in [-0.05, 0) is 27.2 Å². The van der Waals surface area contributed by atoms with E-state index in [2.05, 4.69) is 0 Å².